The molecule has 1 heterocycles. The molecule has 2 rings (SSSR count). The average Bonchev–Trinajstić information content (AvgIpc) is 2.48. The van der Waals surface area contributed by atoms with Gasteiger partial charge in [0.1, 0.15) is 6.10 Å². The predicted octanol–water partition coefficient (Wildman–Crippen LogP) is 1.91. The summed E-state index contributed by atoms with van der Waals surface area (Å²) < 4.78 is 5.48. The summed E-state index contributed by atoms with van der Waals surface area (Å²) in [5.74, 6) is -0.955. The lowest BCUT2D eigenvalue weighted by atomic mass is 10.1. The molecule has 1 atom stereocenters. The molecule has 1 aromatic rings. The number of aromatic carboxylic acids is 1. The van der Waals surface area contributed by atoms with Gasteiger partial charge >= 0.3 is 5.97 Å². The molecule has 1 N–H and O–H groups in total. The first-order chi connectivity index (χ1) is 9.58. The van der Waals surface area contributed by atoms with Gasteiger partial charge in [0.05, 0.1) is 5.56 Å². The Kier molecular flexibility index (Phi) is 4.74. The molecule has 1 saturated heterocycles. The lowest BCUT2D eigenvalue weighted by Gasteiger charge is -2.26. The van der Waals surface area contributed by atoms with Crippen LogP contribution in [0.15, 0.2) is 24.3 Å². The van der Waals surface area contributed by atoms with Crippen molar-refractivity contribution in [1.29, 1.82) is 0 Å². The minimum atomic E-state index is -0.948. The molecule has 1 aliphatic rings. The Bertz CT molecular complexity index is 477. The third-order valence-electron chi connectivity index (χ3n) is 3.45. The highest BCUT2D eigenvalue weighted by atomic mass is 16.5. The fourth-order valence-electron chi connectivity index (χ4n) is 2.29. The maximum Gasteiger partial charge on any atom is 0.335 e. The summed E-state index contributed by atoms with van der Waals surface area (Å²) in [6.45, 7) is 1.11. The van der Waals surface area contributed by atoms with E-state index in [4.69, 9.17) is 9.84 Å². The number of hydrogen-bond donors (Lipinski definition) is 1. The summed E-state index contributed by atoms with van der Waals surface area (Å²) in [5, 5.41) is 8.83. The molecule has 20 heavy (non-hydrogen) atoms. The minimum Gasteiger partial charge on any atom is -0.478 e. The van der Waals surface area contributed by atoms with Crippen LogP contribution in [0.2, 0.25) is 0 Å². The molecule has 0 bridgehead atoms. The van der Waals surface area contributed by atoms with Gasteiger partial charge in [-0.1, -0.05) is 12.1 Å². The number of likely N-dealkylation sites (N-methyl/N-ethyl adjacent to an activating group) is 1. The predicted molar refractivity (Wildman–Crippen MR) is 73.5 cm³/mol. The highest BCUT2D eigenvalue weighted by Crippen LogP contribution is 2.16. The van der Waals surface area contributed by atoms with Crippen LogP contribution in [0.1, 0.15) is 35.2 Å². The number of rotatable bonds is 4. The number of carbonyl (C=O) groups is 2. The number of carboxylic acids is 1. The van der Waals surface area contributed by atoms with Crippen LogP contribution < -0.4 is 0 Å². The molecule has 5 heteroatoms. The number of nitrogens with zero attached hydrogens (tertiary/aromatic N) is 1. The number of benzene rings is 1. The summed E-state index contributed by atoms with van der Waals surface area (Å²) in [7, 11) is 1.74. The minimum absolute atomic E-state index is 0.00740. The Morgan fingerprint density at radius 2 is 2.00 bits per heavy atom. The Morgan fingerprint density at radius 1 is 1.30 bits per heavy atom. The van der Waals surface area contributed by atoms with E-state index in [0.29, 0.717) is 13.2 Å². The van der Waals surface area contributed by atoms with E-state index in [1.807, 2.05) is 0 Å². The van der Waals surface area contributed by atoms with Crippen LogP contribution in [0.3, 0.4) is 0 Å². The van der Waals surface area contributed by atoms with Crippen molar-refractivity contribution in [2.45, 2.75) is 31.9 Å². The van der Waals surface area contributed by atoms with Crippen LogP contribution in [-0.4, -0.2) is 41.6 Å². The number of carboxylic acid groups (broad SMARTS) is 1. The van der Waals surface area contributed by atoms with Gasteiger partial charge in [-0.3, -0.25) is 4.79 Å². The molecule has 1 aliphatic heterocycles. The second kappa shape index (κ2) is 6.52. The molecule has 0 spiro atoms. The zero-order valence-corrected chi connectivity index (χ0v) is 11.5. The normalized spacial score (nSPS) is 18.6. The molecule has 5 nitrogen and oxygen atoms in total. The van der Waals surface area contributed by atoms with Crippen molar-refractivity contribution in [2.75, 3.05) is 13.7 Å². The van der Waals surface area contributed by atoms with Gasteiger partial charge in [-0.05, 0) is 37.0 Å². The molecule has 0 saturated carbocycles. The maximum atomic E-state index is 12.2. The smallest absolute Gasteiger partial charge is 0.335 e. The monoisotopic (exact) mass is 277 g/mol. The van der Waals surface area contributed by atoms with Crippen LogP contribution in [0.25, 0.3) is 0 Å². The zero-order chi connectivity index (χ0) is 14.5. The van der Waals surface area contributed by atoms with Crippen molar-refractivity contribution in [3.05, 3.63) is 35.4 Å². The van der Waals surface area contributed by atoms with Gasteiger partial charge in [0.25, 0.3) is 5.91 Å². The van der Waals surface area contributed by atoms with E-state index in [-0.39, 0.29) is 17.6 Å². The molecule has 1 unspecified atom stereocenters. The number of ether oxygens (including phenoxy) is 1. The molecular weight excluding hydrogens is 258 g/mol. The summed E-state index contributed by atoms with van der Waals surface area (Å²) in [6.07, 6.45) is 2.50. The zero-order valence-electron chi connectivity index (χ0n) is 11.5. The van der Waals surface area contributed by atoms with Gasteiger partial charge in [0.2, 0.25) is 0 Å². The highest BCUT2D eigenvalue weighted by Gasteiger charge is 2.24. The number of amides is 1. The van der Waals surface area contributed by atoms with Crippen molar-refractivity contribution >= 4 is 11.9 Å². The lowest BCUT2D eigenvalue weighted by molar-refractivity contribution is -0.145. The summed E-state index contributed by atoms with van der Waals surface area (Å²) in [6, 6.07) is 6.56. The first-order valence-electron chi connectivity index (χ1n) is 6.77. The van der Waals surface area contributed by atoms with E-state index in [1.165, 1.54) is 0 Å². The number of carbonyl (C=O) groups excluding carboxylic acids is 1. The van der Waals surface area contributed by atoms with Crippen molar-refractivity contribution in [2.24, 2.45) is 0 Å². The Hall–Kier alpha value is -1.88. The van der Waals surface area contributed by atoms with Crippen LogP contribution >= 0.6 is 0 Å². The van der Waals surface area contributed by atoms with Crippen LogP contribution in [0.4, 0.5) is 0 Å². The molecule has 108 valence electrons. The standard InChI is InChI=1S/C15H19NO4/c1-16(14(17)13-4-2-3-9-20-13)10-11-5-7-12(8-6-11)15(18)19/h5-8,13H,2-4,9-10H2,1H3,(H,18,19). The molecule has 0 aromatic heterocycles. The third-order valence-corrected chi connectivity index (χ3v) is 3.45. The Labute approximate surface area is 118 Å². The first kappa shape index (κ1) is 14.5. The highest BCUT2D eigenvalue weighted by molar-refractivity contribution is 5.87. The van der Waals surface area contributed by atoms with Gasteiger partial charge in [-0.2, -0.15) is 0 Å². The molecular formula is C15H19NO4. The van der Waals surface area contributed by atoms with Gasteiger partial charge in [0.15, 0.2) is 0 Å². The molecule has 1 aromatic carbocycles. The fourth-order valence-corrected chi connectivity index (χ4v) is 2.29. The van der Waals surface area contributed by atoms with E-state index in [9.17, 15) is 9.59 Å². The lowest BCUT2D eigenvalue weighted by Crippen LogP contribution is -2.39. The van der Waals surface area contributed by atoms with Gasteiger partial charge in [-0.15, -0.1) is 0 Å². The summed E-state index contributed by atoms with van der Waals surface area (Å²) in [4.78, 5) is 24.6. The summed E-state index contributed by atoms with van der Waals surface area (Å²) >= 11 is 0. The quantitative estimate of drug-likeness (QED) is 0.913. The van der Waals surface area contributed by atoms with Crippen molar-refractivity contribution < 1.29 is 19.4 Å². The van der Waals surface area contributed by atoms with E-state index in [2.05, 4.69) is 0 Å². The largest absolute Gasteiger partial charge is 0.478 e. The summed E-state index contributed by atoms with van der Waals surface area (Å²) in [5.41, 5.74) is 1.15. The topological polar surface area (TPSA) is 66.8 Å². The second-order valence-electron chi connectivity index (χ2n) is 5.05. The fraction of sp³-hybridized carbons (Fsp3) is 0.467. The average molecular weight is 277 g/mol. The van der Waals surface area contributed by atoms with Crippen molar-refractivity contribution in [3.63, 3.8) is 0 Å². The van der Waals surface area contributed by atoms with E-state index >= 15 is 0 Å². The van der Waals surface area contributed by atoms with Gasteiger partial charge in [0, 0.05) is 20.2 Å². The van der Waals surface area contributed by atoms with Crippen molar-refractivity contribution in [3.8, 4) is 0 Å². The molecule has 1 fully saturated rings. The van der Waals surface area contributed by atoms with Crippen LogP contribution in [0, 0.1) is 0 Å². The van der Waals surface area contributed by atoms with E-state index < -0.39 is 5.97 Å². The Morgan fingerprint density at radius 3 is 2.55 bits per heavy atom. The van der Waals surface area contributed by atoms with Crippen molar-refractivity contribution in [1.82, 2.24) is 4.90 Å². The molecule has 1 amide bonds. The first-order valence-corrected chi connectivity index (χ1v) is 6.77. The van der Waals surface area contributed by atoms with Crippen LogP contribution in [-0.2, 0) is 16.1 Å². The molecule has 0 radical (unpaired) electrons. The SMILES string of the molecule is CN(Cc1ccc(C(=O)O)cc1)C(=O)C1CCCCO1. The van der Waals surface area contributed by atoms with E-state index in [0.717, 1.165) is 24.8 Å². The molecule has 0 aliphatic carbocycles. The Balaban J connectivity index is 1.94. The van der Waals surface area contributed by atoms with Gasteiger partial charge < -0.3 is 14.7 Å². The number of hydrogen-bond acceptors (Lipinski definition) is 3. The maximum absolute atomic E-state index is 12.2. The van der Waals surface area contributed by atoms with Gasteiger partial charge in [-0.25, -0.2) is 4.79 Å². The second-order valence-corrected chi connectivity index (χ2v) is 5.05. The van der Waals surface area contributed by atoms with Crippen LogP contribution in [0.5, 0.6) is 0 Å². The third kappa shape index (κ3) is 3.57. The van der Waals surface area contributed by atoms with E-state index in [1.54, 1.807) is 36.2 Å².